The molecule has 35 heavy (non-hydrogen) atoms. The number of halogens is 1. The number of thiazole rings is 1. The largest absolute Gasteiger partial charge is 0.494 e. The van der Waals surface area contributed by atoms with Gasteiger partial charge in [-0.3, -0.25) is 14.5 Å². The van der Waals surface area contributed by atoms with Gasteiger partial charge in [0.05, 0.1) is 33.8 Å². The van der Waals surface area contributed by atoms with Gasteiger partial charge in [0.2, 0.25) is 5.76 Å². The van der Waals surface area contributed by atoms with E-state index in [1.807, 2.05) is 50.2 Å². The lowest BCUT2D eigenvalue weighted by Crippen LogP contribution is -2.29. The second-order valence-corrected chi connectivity index (χ2v) is 9.37. The summed E-state index contributed by atoms with van der Waals surface area (Å²) in [6.07, 6.45) is 0. The van der Waals surface area contributed by atoms with E-state index in [0.717, 1.165) is 21.8 Å². The van der Waals surface area contributed by atoms with Crippen LogP contribution in [0.1, 0.15) is 40.2 Å². The number of hydrogen-bond donors (Lipinski definition) is 0. The van der Waals surface area contributed by atoms with Crippen LogP contribution in [0.2, 0.25) is 0 Å². The minimum absolute atomic E-state index is 0.0589. The molecule has 5 aromatic rings. The van der Waals surface area contributed by atoms with Crippen molar-refractivity contribution >= 4 is 43.6 Å². The number of ether oxygens (including phenoxy) is 1. The van der Waals surface area contributed by atoms with Gasteiger partial charge in [0.1, 0.15) is 17.1 Å². The zero-order valence-electron chi connectivity index (χ0n) is 18.9. The van der Waals surface area contributed by atoms with Crippen molar-refractivity contribution in [3.8, 4) is 5.75 Å². The molecule has 1 aliphatic rings. The Morgan fingerprint density at radius 2 is 1.97 bits per heavy atom. The highest BCUT2D eigenvalue weighted by Crippen LogP contribution is 2.44. The summed E-state index contributed by atoms with van der Waals surface area (Å²) in [5, 5.41) is 0.535. The number of aryl methyl sites for hydroxylation is 1. The van der Waals surface area contributed by atoms with Gasteiger partial charge in [0.15, 0.2) is 10.6 Å². The average Bonchev–Trinajstić information content (AvgIpc) is 3.38. The van der Waals surface area contributed by atoms with E-state index in [-0.39, 0.29) is 22.3 Å². The molecule has 1 amide bonds. The molecule has 0 saturated carbocycles. The SMILES string of the molecule is CCOc1cccc([C@H]2c3c(oc4ccc(F)cc4c3=O)C(=O)N2c2nc3ccc(C)cc3s2)c1. The first-order chi connectivity index (χ1) is 16.9. The van der Waals surface area contributed by atoms with Crippen LogP contribution in [0.3, 0.4) is 0 Å². The van der Waals surface area contributed by atoms with E-state index < -0.39 is 23.2 Å². The van der Waals surface area contributed by atoms with Crippen LogP contribution >= 0.6 is 11.3 Å². The van der Waals surface area contributed by atoms with Crippen LogP contribution in [0.5, 0.6) is 5.75 Å². The topological polar surface area (TPSA) is 72.6 Å². The number of hydrogen-bond acceptors (Lipinski definition) is 6. The van der Waals surface area contributed by atoms with Gasteiger partial charge in [-0.1, -0.05) is 29.5 Å². The van der Waals surface area contributed by atoms with Crippen LogP contribution in [0, 0.1) is 12.7 Å². The van der Waals surface area contributed by atoms with E-state index in [0.29, 0.717) is 23.1 Å². The Labute approximate surface area is 203 Å². The van der Waals surface area contributed by atoms with Crippen molar-refractivity contribution in [1.82, 2.24) is 4.98 Å². The third-order valence-corrected chi connectivity index (χ3v) is 7.07. The zero-order valence-corrected chi connectivity index (χ0v) is 19.7. The summed E-state index contributed by atoms with van der Waals surface area (Å²) in [6, 6.07) is 16.0. The predicted molar refractivity (Wildman–Crippen MR) is 133 cm³/mol. The summed E-state index contributed by atoms with van der Waals surface area (Å²) >= 11 is 1.37. The Kier molecular flexibility index (Phi) is 4.93. The van der Waals surface area contributed by atoms with Crippen LogP contribution in [0.4, 0.5) is 9.52 Å². The molecular weight excluding hydrogens is 467 g/mol. The fourth-order valence-electron chi connectivity index (χ4n) is 4.52. The number of aromatic nitrogens is 1. The molecule has 1 atom stereocenters. The molecule has 6 nitrogen and oxygen atoms in total. The van der Waals surface area contributed by atoms with E-state index in [2.05, 4.69) is 0 Å². The van der Waals surface area contributed by atoms with Crippen LogP contribution in [-0.2, 0) is 0 Å². The smallest absolute Gasteiger partial charge is 0.297 e. The summed E-state index contributed by atoms with van der Waals surface area (Å²) in [5.74, 6) is -0.466. The molecule has 0 aliphatic carbocycles. The first kappa shape index (κ1) is 21.5. The minimum Gasteiger partial charge on any atom is -0.494 e. The van der Waals surface area contributed by atoms with Gasteiger partial charge in [-0.05, 0) is 67.4 Å². The van der Waals surface area contributed by atoms with E-state index in [9.17, 15) is 14.0 Å². The molecule has 0 N–H and O–H groups in total. The number of carbonyl (C=O) groups is 1. The molecule has 3 heterocycles. The second-order valence-electron chi connectivity index (χ2n) is 8.37. The first-order valence-electron chi connectivity index (χ1n) is 11.1. The van der Waals surface area contributed by atoms with Gasteiger partial charge in [0, 0.05) is 0 Å². The van der Waals surface area contributed by atoms with Crippen molar-refractivity contribution in [3.05, 3.63) is 99.2 Å². The van der Waals surface area contributed by atoms with E-state index in [1.165, 1.54) is 28.4 Å². The maximum Gasteiger partial charge on any atom is 0.297 e. The summed E-state index contributed by atoms with van der Waals surface area (Å²) in [5.41, 5.74) is 2.38. The maximum absolute atomic E-state index is 14.0. The lowest BCUT2D eigenvalue weighted by atomic mass is 9.98. The number of amides is 1. The molecule has 0 bridgehead atoms. The number of anilines is 1. The second kappa shape index (κ2) is 8.02. The number of rotatable bonds is 4. The van der Waals surface area contributed by atoms with Crippen molar-refractivity contribution in [1.29, 1.82) is 0 Å². The maximum atomic E-state index is 14.0. The van der Waals surface area contributed by atoms with Gasteiger partial charge < -0.3 is 9.15 Å². The van der Waals surface area contributed by atoms with Crippen molar-refractivity contribution in [2.45, 2.75) is 19.9 Å². The Morgan fingerprint density at radius 3 is 2.80 bits per heavy atom. The van der Waals surface area contributed by atoms with Gasteiger partial charge in [-0.25, -0.2) is 9.37 Å². The molecule has 2 aromatic heterocycles. The summed E-state index contributed by atoms with van der Waals surface area (Å²) in [7, 11) is 0. The Balaban J connectivity index is 1.63. The molecule has 0 spiro atoms. The normalized spacial score (nSPS) is 15.2. The summed E-state index contributed by atoms with van der Waals surface area (Å²) in [4.78, 5) is 33.6. The molecule has 0 fully saturated rings. The zero-order chi connectivity index (χ0) is 24.3. The highest BCUT2D eigenvalue weighted by Gasteiger charge is 2.45. The van der Waals surface area contributed by atoms with Gasteiger partial charge in [0.25, 0.3) is 5.91 Å². The van der Waals surface area contributed by atoms with Crippen molar-refractivity contribution in [3.63, 3.8) is 0 Å². The molecular formula is C27H19FN2O4S. The van der Waals surface area contributed by atoms with E-state index in [1.54, 1.807) is 6.07 Å². The van der Waals surface area contributed by atoms with Crippen molar-refractivity contribution < 1.29 is 18.3 Å². The quantitative estimate of drug-likeness (QED) is 0.312. The number of carbonyl (C=O) groups excluding carboxylic acids is 1. The van der Waals surface area contributed by atoms with Gasteiger partial charge in [-0.2, -0.15) is 0 Å². The standard InChI is InChI=1S/C27H19FN2O4S/c1-3-33-17-6-4-5-15(12-17)23-22-24(31)18-13-16(28)8-10-20(18)34-25(22)26(32)30(23)27-29-19-9-7-14(2)11-21(19)35-27/h4-13,23H,3H2,1-2H3/t23-/m0/s1. The van der Waals surface area contributed by atoms with Gasteiger partial charge in [-0.15, -0.1) is 0 Å². The molecule has 0 saturated heterocycles. The Hall–Kier alpha value is -4.04. The van der Waals surface area contributed by atoms with E-state index >= 15 is 0 Å². The van der Waals surface area contributed by atoms with Crippen molar-refractivity contribution in [2.24, 2.45) is 0 Å². The lowest BCUT2D eigenvalue weighted by molar-refractivity contribution is 0.0971. The van der Waals surface area contributed by atoms with Crippen LogP contribution < -0.4 is 15.1 Å². The number of nitrogens with zero attached hydrogens (tertiary/aromatic N) is 2. The third kappa shape index (κ3) is 3.40. The Morgan fingerprint density at radius 1 is 1.11 bits per heavy atom. The molecule has 0 unspecified atom stereocenters. The fraction of sp³-hybridized carbons (Fsp3) is 0.148. The molecule has 3 aromatic carbocycles. The molecule has 8 heteroatoms. The molecule has 174 valence electrons. The van der Waals surface area contributed by atoms with Crippen LogP contribution in [-0.4, -0.2) is 17.5 Å². The summed E-state index contributed by atoms with van der Waals surface area (Å²) < 4.78 is 26.5. The molecule has 1 aliphatic heterocycles. The lowest BCUT2D eigenvalue weighted by Gasteiger charge is -2.23. The van der Waals surface area contributed by atoms with Gasteiger partial charge >= 0.3 is 0 Å². The van der Waals surface area contributed by atoms with Crippen LogP contribution in [0.15, 0.2) is 69.9 Å². The number of benzene rings is 3. The number of fused-ring (bicyclic) bond motifs is 3. The van der Waals surface area contributed by atoms with Crippen molar-refractivity contribution in [2.75, 3.05) is 11.5 Å². The molecule has 0 radical (unpaired) electrons. The highest BCUT2D eigenvalue weighted by atomic mass is 32.1. The third-order valence-electron chi connectivity index (χ3n) is 6.06. The first-order valence-corrected chi connectivity index (χ1v) is 12.0. The van der Waals surface area contributed by atoms with E-state index in [4.69, 9.17) is 14.1 Å². The Bertz CT molecular complexity index is 1710. The minimum atomic E-state index is -0.802. The fourth-order valence-corrected chi connectivity index (χ4v) is 5.61. The highest BCUT2D eigenvalue weighted by molar-refractivity contribution is 7.22. The summed E-state index contributed by atoms with van der Waals surface area (Å²) in [6.45, 7) is 4.34. The predicted octanol–water partition coefficient (Wildman–Crippen LogP) is 6.00. The average molecular weight is 487 g/mol. The molecule has 6 rings (SSSR count). The van der Waals surface area contributed by atoms with Crippen LogP contribution in [0.25, 0.3) is 21.2 Å². The monoisotopic (exact) mass is 486 g/mol.